The molecule has 0 unspecified atom stereocenters. The summed E-state index contributed by atoms with van der Waals surface area (Å²) in [5.74, 6) is -0.429. The molecular formula is C25H20N2O3. The average Bonchev–Trinajstić information content (AvgIpc) is 3.05. The lowest BCUT2D eigenvalue weighted by atomic mass is 10.0. The van der Waals surface area contributed by atoms with Crippen LogP contribution < -0.4 is 5.32 Å². The Hall–Kier alpha value is -3.99. The maximum absolute atomic E-state index is 12.9. The molecule has 3 aromatic carbocycles. The Morgan fingerprint density at radius 1 is 0.900 bits per heavy atom. The van der Waals surface area contributed by atoms with Gasteiger partial charge >= 0.3 is 0 Å². The van der Waals surface area contributed by atoms with E-state index in [4.69, 9.17) is 0 Å². The zero-order valence-electron chi connectivity index (χ0n) is 16.5. The number of carbonyl (C=O) groups excluding carboxylic acids is 3. The van der Waals surface area contributed by atoms with E-state index in [9.17, 15) is 14.4 Å². The predicted molar refractivity (Wildman–Crippen MR) is 117 cm³/mol. The maximum Gasteiger partial charge on any atom is 0.244 e. The third-order valence-electron chi connectivity index (χ3n) is 5.18. The number of aromatic nitrogens is 1. The summed E-state index contributed by atoms with van der Waals surface area (Å²) in [5, 5.41) is 3.68. The van der Waals surface area contributed by atoms with Gasteiger partial charge in [-0.3, -0.25) is 14.4 Å². The van der Waals surface area contributed by atoms with Crippen LogP contribution in [-0.2, 0) is 11.3 Å². The Morgan fingerprint density at radius 2 is 1.57 bits per heavy atom. The molecule has 0 saturated carbocycles. The first kappa shape index (κ1) is 19.3. The van der Waals surface area contributed by atoms with Gasteiger partial charge in [0.1, 0.15) is 6.54 Å². The lowest BCUT2D eigenvalue weighted by molar-refractivity contribution is -0.116. The Morgan fingerprint density at radius 3 is 2.33 bits per heavy atom. The molecule has 30 heavy (non-hydrogen) atoms. The Balaban J connectivity index is 1.62. The molecular weight excluding hydrogens is 376 g/mol. The van der Waals surface area contributed by atoms with Crippen molar-refractivity contribution in [2.45, 2.75) is 13.5 Å². The van der Waals surface area contributed by atoms with E-state index < -0.39 is 0 Å². The van der Waals surface area contributed by atoms with Crippen molar-refractivity contribution in [1.82, 2.24) is 4.57 Å². The van der Waals surface area contributed by atoms with E-state index >= 15 is 0 Å². The number of anilines is 1. The molecule has 5 heteroatoms. The number of fused-ring (bicyclic) bond motifs is 1. The van der Waals surface area contributed by atoms with Crippen molar-refractivity contribution in [3.63, 3.8) is 0 Å². The third kappa shape index (κ3) is 3.53. The molecule has 1 N–H and O–H groups in total. The minimum absolute atomic E-state index is 0.0358. The number of aldehydes is 1. The molecule has 0 saturated heterocycles. The topological polar surface area (TPSA) is 68.2 Å². The van der Waals surface area contributed by atoms with Gasteiger partial charge in [0.2, 0.25) is 5.91 Å². The Labute approximate surface area is 174 Å². The molecule has 0 bridgehead atoms. The minimum Gasteiger partial charge on any atom is -0.335 e. The second kappa shape index (κ2) is 8.17. The van der Waals surface area contributed by atoms with Gasteiger partial charge < -0.3 is 9.88 Å². The minimum atomic E-state index is -0.274. The SMILES string of the molecule is Cc1c(C=O)c2ccccc2n1CC(=O)Nc1ccccc1C(=O)c1ccccc1. The highest BCUT2D eigenvalue weighted by molar-refractivity contribution is 6.13. The highest BCUT2D eigenvalue weighted by atomic mass is 16.2. The summed E-state index contributed by atoms with van der Waals surface area (Å²) < 4.78 is 1.82. The number of nitrogens with one attached hydrogen (secondary N) is 1. The van der Waals surface area contributed by atoms with Gasteiger partial charge in [0.15, 0.2) is 12.1 Å². The van der Waals surface area contributed by atoms with Gasteiger partial charge in [-0.05, 0) is 25.1 Å². The van der Waals surface area contributed by atoms with Crippen molar-refractivity contribution in [2.75, 3.05) is 5.32 Å². The van der Waals surface area contributed by atoms with Crippen LogP contribution in [0.5, 0.6) is 0 Å². The number of amides is 1. The number of hydrogen-bond acceptors (Lipinski definition) is 3. The Bertz CT molecular complexity index is 1260. The van der Waals surface area contributed by atoms with Crippen LogP contribution in [0.1, 0.15) is 32.0 Å². The van der Waals surface area contributed by atoms with E-state index in [1.807, 2.05) is 41.8 Å². The van der Waals surface area contributed by atoms with E-state index in [0.717, 1.165) is 22.9 Å². The summed E-state index contributed by atoms with van der Waals surface area (Å²) in [5.41, 5.74) is 3.58. The zero-order valence-corrected chi connectivity index (χ0v) is 16.5. The fraction of sp³-hybridized carbons (Fsp3) is 0.0800. The molecule has 0 atom stereocenters. The predicted octanol–water partition coefficient (Wildman–Crippen LogP) is 4.63. The summed E-state index contributed by atoms with van der Waals surface area (Å²) in [6, 6.07) is 23.4. The summed E-state index contributed by atoms with van der Waals surface area (Å²) in [4.78, 5) is 37.3. The number of hydrogen-bond donors (Lipinski definition) is 1. The van der Waals surface area contributed by atoms with E-state index in [2.05, 4.69) is 5.32 Å². The van der Waals surface area contributed by atoms with Crippen LogP contribution in [0.4, 0.5) is 5.69 Å². The molecule has 0 aliphatic rings. The molecule has 1 heterocycles. The van der Waals surface area contributed by atoms with Gasteiger partial charge in [-0.2, -0.15) is 0 Å². The number of ketones is 1. The number of carbonyl (C=O) groups is 3. The molecule has 1 aromatic heterocycles. The number of rotatable bonds is 6. The number of nitrogens with zero attached hydrogens (tertiary/aromatic N) is 1. The van der Waals surface area contributed by atoms with Gasteiger partial charge in [0.25, 0.3) is 0 Å². The first-order valence-electron chi connectivity index (χ1n) is 9.62. The summed E-state index contributed by atoms with van der Waals surface area (Å²) >= 11 is 0. The molecule has 0 aliphatic carbocycles. The van der Waals surface area contributed by atoms with Gasteiger partial charge in [-0.15, -0.1) is 0 Å². The van der Waals surface area contributed by atoms with Crippen LogP contribution >= 0.6 is 0 Å². The van der Waals surface area contributed by atoms with E-state index in [-0.39, 0.29) is 18.2 Å². The molecule has 0 fully saturated rings. The first-order chi connectivity index (χ1) is 14.6. The van der Waals surface area contributed by atoms with E-state index in [1.54, 1.807) is 48.5 Å². The molecule has 0 aliphatic heterocycles. The molecule has 4 rings (SSSR count). The van der Waals surface area contributed by atoms with Crippen molar-refractivity contribution < 1.29 is 14.4 Å². The molecule has 148 valence electrons. The van der Waals surface area contributed by atoms with Gasteiger partial charge in [0.05, 0.1) is 5.69 Å². The van der Waals surface area contributed by atoms with Crippen molar-refractivity contribution in [3.05, 3.63) is 101 Å². The zero-order chi connectivity index (χ0) is 21.1. The van der Waals surface area contributed by atoms with Crippen molar-refractivity contribution in [3.8, 4) is 0 Å². The van der Waals surface area contributed by atoms with Crippen LogP contribution in [0.3, 0.4) is 0 Å². The normalized spacial score (nSPS) is 10.7. The van der Waals surface area contributed by atoms with Crippen LogP contribution in [0.2, 0.25) is 0 Å². The van der Waals surface area contributed by atoms with Crippen LogP contribution in [0, 0.1) is 6.92 Å². The van der Waals surface area contributed by atoms with Crippen molar-refractivity contribution in [2.24, 2.45) is 0 Å². The average molecular weight is 396 g/mol. The highest BCUT2D eigenvalue weighted by Gasteiger charge is 2.18. The smallest absolute Gasteiger partial charge is 0.244 e. The third-order valence-corrected chi connectivity index (χ3v) is 5.18. The van der Waals surface area contributed by atoms with Crippen LogP contribution in [0.15, 0.2) is 78.9 Å². The monoisotopic (exact) mass is 396 g/mol. The van der Waals surface area contributed by atoms with E-state index in [1.165, 1.54) is 0 Å². The quantitative estimate of drug-likeness (QED) is 0.382. The van der Waals surface area contributed by atoms with Gasteiger partial charge in [-0.1, -0.05) is 60.7 Å². The van der Waals surface area contributed by atoms with E-state index in [0.29, 0.717) is 22.4 Å². The fourth-order valence-corrected chi connectivity index (χ4v) is 3.68. The molecule has 4 aromatic rings. The standard InChI is InChI=1S/C25H20N2O3/c1-17-21(16-28)19-11-6-8-14-23(19)27(17)15-24(29)26-22-13-7-5-12-20(22)25(30)18-9-3-2-4-10-18/h2-14,16H,15H2,1H3,(H,26,29). The van der Waals surface area contributed by atoms with Crippen LogP contribution in [0.25, 0.3) is 10.9 Å². The summed E-state index contributed by atoms with van der Waals surface area (Å²) in [7, 11) is 0. The van der Waals surface area contributed by atoms with Gasteiger partial charge in [-0.25, -0.2) is 0 Å². The second-order valence-corrected chi connectivity index (χ2v) is 7.01. The first-order valence-corrected chi connectivity index (χ1v) is 9.62. The Kier molecular flexibility index (Phi) is 5.26. The van der Waals surface area contributed by atoms with Crippen LogP contribution in [-0.4, -0.2) is 22.5 Å². The second-order valence-electron chi connectivity index (χ2n) is 7.01. The summed E-state index contributed by atoms with van der Waals surface area (Å²) in [6.45, 7) is 1.86. The molecule has 5 nitrogen and oxygen atoms in total. The molecule has 0 spiro atoms. The lowest BCUT2D eigenvalue weighted by Crippen LogP contribution is -2.21. The number of para-hydroxylation sites is 2. The number of benzene rings is 3. The van der Waals surface area contributed by atoms with Crippen molar-refractivity contribution in [1.29, 1.82) is 0 Å². The molecule has 0 radical (unpaired) electrons. The lowest BCUT2D eigenvalue weighted by Gasteiger charge is -2.12. The highest BCUT2D eigenvalue weighted by Crippen LogP contribution is 2.25. The van der Waals surface area contributed by atoms with Gasteiger partial charge in [0, 0.05) is 33.3 Å². The van der Waals surface area contributed by atoms with Crippen molar-refractivity contribution >= 4 is 34.6 Å². The maximum atomic E-state index is 12.9. The largest absolute Gasteiger partial charge is 0.335 e. The summed E-state index contributed by atoms with van der Waals surface area (Å²) in [6.07, 6.45) is 0.819. The fourth-order valence-electron chi connectivity index (χ4n) is 3.68. The molecule has 1 amide bonds.